The van der Waals surface area contributed by atoms with E-state index in [0.717, 1.165) is 13.0 Å². The molecular weight excluding hydrogens is 264 g/mol. The van der Waals surface area contributed by atoms with Gasteiger partial charge in [-0.25, -0.2) is 0 Å². The third kappa shape index (κ3) is 4.81. The van der Waals surface area contributed by atoms with E-state index in [-0.39, 0.29) is 12.4 Å². The van der Waals surface area contributed by atoms with Gasteiger partial charge in [0.25, 0.3) is 0 Å². The predicted octanol–water partition coefficient (Wildman–Crippen LogP) is 2.87. The minimum absolute atomic E-state index is 0. The van der Waals surface area contributed by atoms with Crippen LogP contribution >= 0.6 is 24.2 Å². The predicted molar refractivity (Wildman–Crippen MR) is 82.6 cm³/mol. The number of rotatable bonds is 4. The van der Waals surface area contributed by atoms with Gasteiger partial charge in [0.05, 0.1) is 0 Å². The number of likely N-dealkylation sites (tertiary alicyclic amines) is 1. The molecule has 1 saturated heterocycles. The lowest BCUT2D eigenvalue weighted by molar-refractivity contribution is 0.173. The van der Waals surface area contributed by atoms with E-state index in [9.17, 15) is 0 Å². The summed E-state index contributed by atoms with van der Waals surface area (Å²) in [6.07, 6.45) is 1.15. The van der Waals surface area contributed by atoms with Gasteiger partial charge in [0.1, 0.15) is 0 Å². The Morgan fingerprint density at radius 2 is 2.06 bits per heavy atom. The Morgan fingerprint density at radius 1 is 1.33 bits per heavy atom. The molecule has 1 heterocycles. The number of piperidine rings is 1. The first kappa shape index (κ1) is 15.8. The summed E-state index contributed by atoms with van der Waals surface area (Å²) in [6, 6.07) is 11.0. The molecule has 2 nitrogen and oxygen atoms in total. The van der Waals surface area contributed by atoms with E-state index in [4.69, 9.17) is 5.73 Å². The topological polar surface area (TPSA) is 29.3 Å². The fourth-order valence-electron chi connectivity index (χ4n) is 2.26. The maximum absolute atomic E-state index is 6.03. The molecule has 4 heteroatoms. The molecule has 0 aliphatic carbocycles. The van der Waals surface area contributed by atoms with E-state index in [1.165, 1.54) is 23.7 Å². The zero-order valence-corrected chi connectivity index (χ0v) is 12.6. The fourth-order valence-corrected chi connectivity index (χ4v) is 3.20. The van der Waals surface area contributed by atoms with Crippen LogP contribution in [0.3, 0.4) is 0 Å². The molecule has 2 N–H and O–H groups in total. The van der Waals surface area contributed by atoms with Crippen LogP contribution in [0.4, 0.5) is 0 Å². The van der Waals surface area contributed by atoms with Crippen LogP contribution in [0.5, 0.6) is 0 Å². The van der Waals surface area contributed by atoms with E-state index in [0.29, 0.717) is 12.0 Å². The van der Waals surface area contributed by atoms with Gasteiger partial charge in [0, 0.05) is 29.8 Å². The molecule has 0 spiro atoms. The number of benzene rings is 1. The average molecular weight is 287 g/mol. The molecule has 0 saturated carbocycles. The number of hydrogen-bond acceptors (Lipinski definition) is 3. The van der Waals surface area contributed by atoms with Crippen LogP contribution in [-0.4, -0.2) is 36.3 Å². The second-order valence-electron chi connectivity index (χ2n) is 4.89. The van der Waals surface area contributed by atoms with Gasteiger partial charge in [-0.15, -0.1) is 24.2 Å². The van der Waals surface area contributed by atoms with Crippen molar-refractivity contribution in [2.75, 3.05) is 25.4 Å². The second kappa shape index (κ2) is 8.05. The number of thioether (sulfide) groups is 1. The highest BCUT2D eigenvalue weighted by molar-refractivity contribution is 7.99. The third-order valence-corrected chi connectivity index (χ3v) is 4.47. The number of halogens is 1. The lowest BCUT2D eigenvalue weighted by Gasteiger charge is -2.34. The van der Waals surface area contributed by atoms with Gasteiger partial charge in [0.2, 0.25) is 0 Å². The van der Waals surface area contributed by atoms with Crippen LogP contribution in [0, 0.1) is 5.92 Å². The van der Waals surface area contributed by atoms with Crippen LogP contribution < -0.4 is 5.73 Å². The quantitative estimate of drug-likeness (QED) is 0.863. The first-order valence-corrected chi connectivity index (χ1v) is 7.40. The summed E-state index contributed by atoms with van der Waals surface area (Å²) >= 11 is 1.94. The molecule has 0 aromatic heterocycles. The normalized spacial score (nSPS) is 24.6. The van der Waals surface area contributed by atoms with Crippen molar-refractivity contribution in [2.24, 2.45) is 11.7 Å². The zero-order chi connectivity index (χ0) is 12.1. The van der Waals surface area contributed by atoms with E-state index >= 15 is 0 Å². The molecule has 2 rings (SSSR count). The maximum atomic E-state index is 6.03. The van der Waals surface area contributed by atoms with Gasteiger partial charge in [-0.1, -0.05) is 25.1 Å². The average Bonchev–Trinajstić information content (AvgIpc) is 2.35. The van der Waals surface area contributed by atoms with Gasteiger partial charge >= 0.3 is 0 Å². The highest BCUT2D eigenvalue weighted by Crippen LogP contribution is 2.19. The van der Waals surface area contributed by atoms with Crippen molar-refractivity contribution < 1.29 is 0 Å². The van der Waals surface area contributed by atoms with Crippen LogP contribution in [-0.2, 0) is 0 Å². The molecule has 2 unspecified atom stereocenters. The largest absolute Gasteiger partial charge is 0.327 e. The summed E-state index contributed by atoms with van der Waals surface area (Å²) in [5.74, 6) is 1.82. The van der Waals surface area contributed by atoms with E-state index in [1.54, 1.807) is 0 Å². The molecule has 0 amide bonds. The molecule has 1 aliphatic rings. The van der Waals surface area contributed by atoms with Crippen LogP contribution in [0.15, 0.2) is 35.2 Å². The van der Waals surface area contributed by atoms with Crippen molar-refractivity contribution >= 4 is 24.2 Å². The Balaban J connectivity index is 0.00000162. The Hall–Kier alpha value is -0.220. The van der Waals surface area contributed by atoms with E-state index in [2.05, 4.69) is 42.2 Å². The molecular formula is C14H23ClN2S. The van der Waals surface area contributed by atoms with Gasteiger partial charge in [-0.3, -0.25) is 0 Å². The minimum atomic E-state index is 0. The summed E-state index contributed by atoms with van der Waals surface area (Å²) in [7, 11) is 0. The van der Waals surface area contributed by atoms with Crippen LogP contribution in [0.25, 0.3) is 0 Å². The fraction of sp³-hybridized carbons (Fsp3) is 0.571. The summed E-state index contributed by atoms with van der Waals surface area (Å²) in [6.45, 7) is 5.77. The van der Waals surface area contributed by atoms with Crippen molar-refractivity contribution in [2.45, 2.75) is 24.3 Å². The maximum Gasteiger partial charge on any atom is 0.0108 e. The lowest BCUT2D eigenvalue weighted by atomic mass is 9.95. The summed E-state index contributed by atoms with van der Waals surface area (Å²) in [5.41, 5.74) is 6.03. The molecule has 0 radical (unpaired) electrons. The minimum Gasteiger partial charge on any atom is -0.327 e. The van der Waals surface area contributed by atoms with E-state index in [1.807, 2.05) is 11.8 Å². The zero-order valence-electron chi connectivity index (χ0n) is 10.9. The van der Waals surface area contributed by atoms with Crippen molar-refractivity contribution in [3.8, 4) is 0 Å². The van der Waals surface area contributed by atoms with Gasteiger partial charge in [-0.05, 0) is 31.0 Å². The Kier molecular flexibility index (Phi) is 7.08. The van der Waals surface area contributed by atoms with Crippen molar-refractivity contribution in [3.05, 3.63) is 30.3 Å². The van der Waals surface area contributed by atoms with Gasteiger partial charge < -0.3 is 10.6 Å². The Labute approximate surface area is 121 Å². The highest BCUT2D eigenvalue weighted by Gasteiger charge is 2.22. The SMILES string of the molecule is CC1CN(CCSc2ccccc2)CCC1N.Cl. The third-order valence-electron chi connectivity index (χ3n) is 3.48. The number of nitrogens with two attached hydrogens (primary N) is 1. The monoisotopic (exact) mass is 286 g/mol. The molecule has 18 heavy (non-hydrogen) atoms. The molecule has 102 valence electrons. The van der Waals surface area contributed by atoms with Crippen molar-refractivity contribution in [3.63, 3.8) is 0 Å². The Bertz CT molecular complexity index is 334. The van der Waals surface area contributed by atoms with Crippen LogP contribution in [0.1, 0.15) is 13.3 Å². The smallest absolute Gasteiger partial charge is 0.0108 e. The molecule has 2 atom stereocenters. The number of hydrogen-bond donors (Lipinski definition) is 1. The highest BCUT2D eigenvalue weighted by atomic mass is 35.5. The van der Waals surface area contributed by atoms with Gasteiger partial charge in [0.15, 0.2) is 0 Å². The molecule has 1 aromatic rings. The van der Waals surface area contributed by atoms with Crippen molar-refractivity contribution in [1.82, 2.24) is 4.90 Å². The van der Waals surface area contributed by atoms with Crippen LogP contribution in [0.2, 0.25) is 0 Å². The Morgan fingerprint density at radius 3 is 2.72 bits per heavy atom. The molecule has 1 aromatic carbocycles. The standard InChI is InChI=1S/C14H22N2S.ClH/c1-12-11-16(8-7-14(12)15)9-10-17-13-5-3-2-4-6-13;/h2-6,12,14H,7-11,15H2,1H3;1H. The van der Waals surface area contributed by atoms with Gasteiger partial charge in [-0.2, -0.15) is 0 Å². The molecule has 0 bridgehead atoms. The summed E-state index contributed by atoms with van der Waals surface area (Å²) in [5, 5.41) is 0. The first-order chi connectivity index (χ1) is 8.25. The van der Waals surface area contributed by atoms with Crippen molar-refractivity contribution in [1.29, 1.82) is 0 Å². The summed E-state index contributed by atoms with van der Waals surface area (Å²) in [4.78, 5) is 3.92. The van der Waals surface area contributed by atoms with E-state index < -0.39 is 0 Å². The molecule has 1 aliphatic heterocycles. The summed E-state index contributed by atoms with van der Waals surface area (Å²) < 4.78 is 0. The lowest BCUT2D eigenvalue weighted by Crippen LogP contribution is -2.46. The molecule has 1 fully saturated rings. The second-order valence-corrected chi connectivity index (χ2v) is 6.06. The first-order valence-electron chi connectivity index (χ1n) is 6.41. The number of nitrogens with zero attached hydrogens (tertiary/aromatic N) is 1.